The second kappa shape index (κ2) is 8.71. The molecule has 0 saturated heterocycles. The topological polar surface area (TPSA) is 85.3 Å². The third kappa shape index (κ3) is 5.07. The second-order valence-corrected chi connectivity index (χ2v) is 8.11. The Morgan fingerprint density at radius 3 is 2.70 bits per heavy atom. The molecule has 2 aromatic carbocycles. The van der Waals surface area contributed by atoms with Gasteiger partial charge in [0.15, 0.2) is 6.61 Å². The molecule has 0 atom stereocenters. The first-order chi connectivity index (χ1) is 14.5. The quantitative estimate of drug-likeness (QED) is 0.540. The summed E-state index contributed by atoms with van der Waals surface area (Å²) in [4.78, 5) is 24.3. The van der Waals surface area contributed by atoms with Crippen LogP contribution in [0.1, 0.15) is 18.5 Å². The molecule has 0 aliphatic heterocycles. The molecule has 0 spiro atoms. The van der Waals surface area contributed by atoms with E-state index >= 15 is 0 Å². The highest BCUT2D eigenvalue weighted by Gasteiger charge is 2.29. The first-order valence-corrected chi connectivity index (χ1v) is 10.4. The first-order valence-electron chi connectivity index (χ1n) is 9.64. The zero-order valence-electron chi connectivity index (χ0n) is 16.4. The van der Waals surface area contributed by atoms with Gasteiger partial charge < -0.3 is 15.4 Å². The van der Waals surface area contributed by atoms with E-state index in [4.69, 9.17) is 4.74 Å². The number of carbonyl (C=O) groups is 2. The maximum Gasteiger partial charge on any atom is 0.263 e. The number of aryl methyl sites for hydroxylation is 1. The average molecular weight is 469 g/mol. The van der Waals surface area contributed by atoms with Crippen LogP contribution in [0, 0.1) is 12.8 Å². The number of benzene rings is 2. The smallest absolute Gasteiger partial charge is 0.263 e. The molecule has 1 heterocycles. The molecular formula is C22H21BrN4O3. The van der Waals surface area contributed by atoms with E-state index in [1.54, 1.807) is 35.0 Å². The summed E-state index contributed by atoms with van der Waals surface area (Å²) < 4.78 is 8.20. The molecule has 2 amide bonds. The Labute approximate surface area is 182 Å². The number of hydrogen-bond donors (Lipinski definition) is 2. The number of ether oxygens (including phenoxy) is 1. The van der Waals surface area contributed by atoms with Crippen LogP contribution in [0.15, 0.2) is 59.1 Å². The largest absolute Gasteiger partial charge is 0.484 e. The van der Waals surface area contributed by atoms with Gasteiger partial charge >= 0.3 is 0 Å². The number of anilines is 2. The highest BCUT2D eigenvalue weighted by molar-refractivity contribution is 9.10. The average Bonchev–Trinajstić information content (AvgIpc) is 3.50. The maximum atomic E-state index is 12.4. The summed E-state index contributed by atoms with van der Waals surface area (Å²) in [5, 5.41) is 10.2. The van der Waals surface area contributed by atoms with Crippen LogP contribution in [0.4, 0.5) is 11.5 Å². The number of halogens is 1. The van der Waals surface area contributed by atoms with Crippen molar-refractivity contribution in [3.05, 3.63) is 64.8 Å². The summed E-state index contributed by atoms with van der Waals surface area (Å²) in [6, 6.07) is 16.5. The van der Waals surface area contributed by atoms with Crippen LogP contribution in [-0.4, -0.2) is 28.2 Å². The summed E-state index contributed by atoms with van der Waals surface area (Å²) in [5.41, 5.74) is 2.27. The molecule has 2 N–H and O–H groups in total. The van der Waals surface area contributed by atoms with Crippen molar-refractivity contribution in [2.75, 3.05) is 17.2 Å². The fourth-order valence-corrected chi connectivity index (χ4v) is 3.36. The molecule has 30 heavy (non-hydrogen) atoms. The first kappa shape index (κ1) is 20.2. The molecule has 7 nitrogen and oxygen atoms in total. The molecule has 0 bridgehead atoms. The summed E-state index contributed by atoms with van der Waals surface area (Å²) >= 11 is 3.45. The van der Waals surface area contributed by atoms with Gasteiger partial charge in [0.05, 0.1) is 11.4 Å². The minimum atomic E-state index is -0.307. The van der Waals surface area contributed by atoms with Crippen LogP contribution in [0.25, 0.3) is 5.69 Å². The number of aromatic nitrogens is 2. The Bertz CT molecular complexity index is 1090. The van der Waals surface area contributed by atoms with Gasteiger partial charge in [0.1, 0.15) is 11.6 Å². The molecule has 3 aromatic rings. The lowest BCUT2D eigenvalue weighted by Crippen LogP contribution is -2.22. The van der Waals surface area contributed by atoms with E-state index in [9.17, 15) is 9.59 Å². The SMILES string of the molecule is Cc1cc(NC(=O)COc2cccc(NC(=O)C3CC3)c2)n(-c2cccc(Br)c2)n1. The van der Waals surface area contributed by atoms with Crippen LogP contribution < -0.4 is 15.4 Å². The Balaban J connectivity index is 1.38. The highest BCUT2D eigenvalue weighted by Crippen LogP contribution is 2.30. The van der Waals surface area contributed by atoms with Gasteiger partial charge in [0.25, 0.3) is 5.91 Å². The minimum Gasteiger partial charge on any atom is -0.484 e. The van der Waals surface area contributed by atoms with Gasteiger partial charge in [-0.15, -0.1) is 0 Å². The zero-order valence-corrected chi connectivity index (χ0v) is 18.0. The normalized spacial score (nSPS) is 13.0. The molecule has 4 rings (SSSR count). The molecule has 1 aromatic heterocycles. The summed E-state index contributed by atoms with van der Waals surface area (Å²) in [6.45, 7) is 1.70. The summed E-state index contributed by atoms with van der Waals surface area (Å²) in [6.07, 6.45) is 1.89. The number of amides is 2. The van der Waals surface area contributed by atoms with E-state index in [1.807, 2.05) is 31.2 Å². The molecule has 8 heteroatoms. The van der Waals surface area contributed by atoms with Crippen LogP contribution in [0.2, 0.25) is 0 Å². The van der Waals surface area contributed by atoms with Gasteiger partial charge in [-0.1, -0.05) is 28.1 Å². The van der Waals surface area contributed by atoms with E-state index in [2.05, 4.69) is 31.7 Å². The van der Waals surface area contributed by atoms with E-state index < -0.39 is 0 Å². The van der Waals surface area contributed by atoms with Gasteiger partial charge in [0.2, 0.25) is 5.91 Å². The number of nitrogens with one attached hydrogen (secondary N) is 2. The van der Waals surface area contributed by atoms with Crippen molar-refractivity contribution in [1.29, 1.82) is 0 Å². The standard InChI is InChI=1S/C22H21BrN4O3/c1-14-10-20(27(26-14)18-6-2-4-16(23)11-18)25-21(28)13-30-19-7-3-5-17(12-19)24-22(29)15-8-9-15/h2-7,10-12,15H,8-9,13H2,1H3,(H,24,29)(H,25,28). The van der Waals surface area contributed by atoms with Crippen LogP contribution in [-0.2, 0) is 9.59 Å². The lowest BCUT2D eigenvalue weighted by molar-refractivity contribution is -0.118. The van der Waals surface area contributed by atoms with Crippen molar-refractivity contribution in [3.8, 4) is 11.4 Å². The van der Waals surface area contributed by atoms with E-state index in [1.165, 1.54) is 0 Å². The second-order valence-electron chi connectivity index (χ2n) is 7.19. The molecule has 154 valence electrons. The monoisotopic (exact) mass is 468 g/mol. The molecular weight excluding hydrogens is 448 g/mol. The summed E-state index contributed by atoms with van der Waals surface area (Å²) in [7, 11) is 0. The Morgan fingerprint density at radius 2 is 1.93 bits per heavy atom. The fraction of sp³-hybridized carbons (Fsp3) is 0.227. The van der Waals surface area contributed by atoms with Crippen molar-refractivity contribution < 1.29 is 14.3 Å². The lowest BCUT2D eigenvalue weighted by Gasteiger charge is -2.11. The van der Waals surface area contributed by atoms with Crippen LogP contribution in [0.3, 0.4) is 0 Å². The van der Waals surface area contributed by atoms with Gasteiger partial charge in [-0.05, 0) is 50.1 Å². The third-order valence-electron chi connectivity index (χ3n) is 4.57. The minimum absolute atomic E-state index is 0.0288. The predicted octanol–water partition coefficient (Wildman–Crippen LogP) is 4.31. The van der Waals surface area contributed by atoms with Crippen molar-refractivity contribution in [3.63, 3.8) is 0 Å². The molecule has 1 aliphatic carbocycles. The fourth-order valence-electron chi connectivity index (χ4n) is 2.97. The van der Waals surface area contributed by atoms with E-state index in [0.29, 0.717) is 17.3 Å². The Hall–Kier alpha value is -3.13. The number of carbonyl (C=O) groups excluding carboxylic acids is 2. The lowest BCUT2D eigenvalue weighted by atomic mass is 10.3. The van der Waals surface area contributed by atoms with Crippen molar-refractivity contribution in [2.24, 2.45) is 5.92 Å². The van der Waals surface area contributed by atoms with Crippen molar-refractivity contribution >= 4 is 39.2 Å². The van der Waals surface area contributed by atoms with Crippen molar-refractivity contribution in [2.45, 2.75) is 19.8 Å². The number of rotatable bonds is 7. The Morgan fingerprint density at radius 1 is 1.13 bits per heavy atom. The van der Waals surface area contributed by atoms with Crippen LogP contribution >= 0.6 is 15.9 Å². The van der Waals surface area contributed by atoms with Crippen LogP contribution in [0.5, 0.6) is 5.75 Å². The Kier molecular flexibility index (Phi) is 5.85. The molecule has 1 aliphatic rings. The van der Waals surface area contributed by atoms with Gasteiger partial charge in [-0.2, -0.15) is 5.10 Å². The molecule has 0 unspecified atom stereocenters. The number of nitrogens with zero attached hydrogens (tertiary/aromatic N) is 2. The molecule has 0 radical (unpaired) electrons. The molecule has 1 fully saturated rings. The van der Waals surface area contributed by atoms with Gasteiger partial charge in [0, 0.05) is 28.2 Å². The molecule has 1 saturated carbocycles. The number of hydrogen-bond acceptors (Lipinski definition) is 4. The highest BCUT2D eigenvalue weighted by atomic mass is 79.9. The summed E-state index contributed by atoms with van der Waals surface area (Å²) in [5.74, 6) is 0.915. The predicted molar refractivity (Wildman–Crippen MR) is 118 cm³/mol. The maximum absolute atomic E-state index is 12.4. The zero-order chi connectivity index (χ0) is 21.1. The van der Waals surface area contributed by atoms with E-state index in [-0.39, 0.29) is 24.3 Å². The van der Waals surface area contributed by atoms with Crippen molar-refractivity contribution in [1.82, 2.24) is 9.78 Å². The van der Waals surface area contributed by atoms with Gasteiger partial charge in [-0.3, -0.25) is 9.59 Å². The third-order valence-corrected chi connectivity index (χ3v) is 5.06. The van der Waals surface area contributed by atoms with Gasteiger partial charge in [-0.25, -0.2) is 4.68 Å². The van der Waals surface area contributed by atoms with E-state index in [0.717, 1.165) is 28.7 Å².